The number of allylic oxidation sites excluding steroid dienone is 1. The van der Waals surface area contributed by atoms with Gasteiger partial charge < -0.3 is 15.0 Å². The van der Waals surface area contributed by atoms with Gasteiger partial charge >= 0.3 is 12.0 Å². The first-order chi connectivity index (χ1) is 12.4. The standard InChI is InChI=1S/C19H22ClFN2O3/c1-11-15(18(24)26-12-7-4-3-5-8-12)17(22-19(25)23(11)2)16-13(20)9-6-10-14(16)21/h6,9-10,12,17H,3-5,7-8H2,1-2H3,(H,22,25)/t17-/m1/s1. The number of hydrogen-bond acceptors (Lipinski definition) is 3. The van der Waals surface area contributed by atoms with Crippen LogP contribution in [0.3, 0.4) is 0 Å². The normalized spacial score (nSPS) is 21.6. The fraction of sp³-hybridized carbons (Fsp3) is 0.474. The number of carbonyl (C=O) groups is 2. The first kappa shape index (κ1) is 18.7. The Balaban J connectivity index is 1.99. The molecule has 1 saturated carbocycles. The van der Waals surface area contributed by atoms with E-state index in [4.69, 9.17) is 16.3 Å². The van der Waals surface area contributed by atoms with Gasteiger partial charge in [-0.25, -0.2) is 14.0 Å². The molecule has 3 rings (SSSR count). The van der Waals surface area contributed by atoms with E-state index in [0.29, 0.717) is 5.70 Å². The zero-order valence-electron chi connectivity index (χ0n) is 14.9. The van der Waals surface area contributed by atoms with E-state index in [1.165, 1.54) is 23.1 Å². The van der Waals surface area contributed by atoms with E-state index in [1.54, 1.807) is 14.0 Å². The van der Waals surface area contributed by atoms with Crippen LogP contribution in [0.2, 0.25) is 5.02 Å². The van der Waals surface area contributed by atoms with Crippen molar-refractivity contribution in [1.82, 2.24) is 10.2 Å². The molecule has 0 saturated heterocycles. The maximum Gasteiger partial charge on any atom is 0.338 e. The van der Waals surface area contributed by atoms with E-state index in [0.717, 1.165) is 32.1 Å². The highest BCUT2D eigenvalue weighted by Crippen LogP contribution is 2.36. The van der Waals surface area contributed by atoms with Gasteiger partial charge in [0.1, 0.15) is 11.9 Å². The summed E-state index contributed by atoms with van der Waals surface area (Å²) < 4.78 is 20.1. The maximum absolute atomic E-state index is 14.5. The zero-order valence-corrected chi connectivity index (χ0v) is 15.6. The molecule has 1 heterocycles. The third-order valence-corrected chi connectivity index (χ3v) is 5.42. The summed E-state index contributed by atoms with van der Waals surface area (Å²) in [5.74, 6) is -1.12. The van der Waals surface area contributed by atoms with Crippen molar-refractivity contribution in [2.45, 2.75) is 51.2 Å². The summed E-state index contributed by atoms with van der Waals surface area (Å²) >= 11 is 6.18. The van der Waals surface area contributed by atoms with E-state index < -0.39 is 23.9 Å². The lowest BCUT2D eigenvalue weighted by Gasteiger charge is -2.34. The molecule has 1 atom stereocenters. The quantitative estimate of drug-likeness (QED) is 0.794. The number of hydrogen-bond donors (Lipinski definition) is 1. The Morgan fingerprint density at radius 1 is 1.31 bits per heavy atom. The Bertz CT molecular complexity index is 739. The largest absolute Gasteiger partial charge is 0.459 e. The van der Waals surface area contributed by atoms with Gasteiger partial charge in [-0.1, -0.05) is 24.1 Å². The minimum atomic E-state index is -0.983. The fourth-order valence-corrected chi connectivity index (χ4v) is 3.77. The highest BCUT2D eigenvalue weighted by atomic mass is 35.5. The highest BCUT2D eigenvalue weighted by molar-refractivity contribution is 6.31. The molecule has 1 fully saturated rings. The summed E-state index contributed by atoms with van der Waals surface area (Å²) in [7, 11) is 1.55. The van der Waals surface area contributed by atoms with Gasteiger partial charge in [-0.05, 0) is 44.7 Å². The molecule has 7 heteroatoms. The van der Waals surface area contributed by atoms with Crippen LogP contribution in [0.1, 0.15) is 50.6 Å². The van der Waals surface area contributed by atoms with Gasteiger partial charge in [-0.3, -0.25) is 0 Å². The number of carbonyl (C=O) groups excluding carboxylic acids is 2. The molecule has 1 N–H and O–H groups in total. The molecule has 0 aromatic heterocycles. The van der Waals surface area contributed by atoms with Crippen LogP contribution < -0.4 is 5.32 Å². The third-order valence-electron chi connectivity index (χ3n) is 5.09. The first-order valence-electron chi connectivity index (χ1n) is 8.80. The van der Waals surface area contributed by atoms with Crippen LogP contribution in [0.4, 0.5) is 9.18 Å². The molecule has 26 heavy (non-hydrogen) atoms. The van der Waals surface area contributed by atoms with Crippen LogP contribution in [0, 0.1) is 5.82 Å². The summed E-state index contributed by atoms with van der Waals surface area (Å²) in [6.07, 6.45) is 4.69. The number of nitrogens with zero attached hydrogens (tertiary/aromatic N) is 1. The number of nitrogens with one attached hydrogen (secondary N) is 1. The van der Waals surface area contributed by atoms with E-state index in [2.05, 4.69) is 5.32 Å². The van der Waals surface area contributed by atoms with Crippen LogP contribution in [-0.4, -0.2) is 30.1 Å². The van der Waals surface area contributed by atoms with Gasteiger partial charge in [0.2, 0.25) is 0 Å². The van der Waals surface area contributed by atoms with Crippen molar-refractivity contribution in [2.24, 2.45) is 0 Å². The lowest BCUT2D eigenvalue weighted by atomic mass is 9.94. The summed E-state index contributed by atoms with van der Waals surface area (Å²) in [4.78, 5) is 26.5. The lowest BCUT2D eigenvalue weighted by Crippen LogP contribution is -2.46. The molecule has 2 aliphatic rings. The van der Waals surface area contributed by atoms with Crippen molar-refractivity contribution in [3.8, 4) is 0 Å². The van der Waals surface area contributed by atoms with Crippen molar-refractivity contribution < 1.29 is 18.7 Å². The second-order valence-corrected chi connectivity index (χ2v) is 7.15. The smallest absolute Gasteiger partial charge is 0.338 e. The number of halogens is 2. The average molecular weight is 381 g/mol. The number of amides is 2. The van der Waals surface area contributed by atoms with Crippen LogP contribution in [0.25, 0.3) is 0 Å². The Kier molecular flexibility index (Phi) is 5.51. The summed E-state index contributed by atoms with van der Waals surface area (Å²) in [5.41, 5.74) is 0.717. The molecular weight excluding hydrogens is 359 g/mol. The molecule has 2 amide bonds. The second-order valence-electron chi connectivity index (χ2n) is 6.74. The SMILES string of the molecule is CC1=C(C(=O)OC2CCCCC2)[C@H](c2c(F)cccc2Cl)NC(=O)N1C. The number of rotatable bonds is 3. The average Bonchev–Trinajstić information content (AvgIpc) is 2.60. The topological polar surface area (TPSA) is 58.6 Å². The van der Waals surface area contributed by atoms with Gasteiger partial charge in [-0.2, -0.15) is 0 Å². The predicted octanol–water partition coefficient (Wildman–Crippen LogP) is 4.33. The fourth-order valence-electron chi connectivity index (χ4n) is 3.50. The van der Waals surface area contributed by atoms with Crippen LogP contribution >= 0.6 is 11.6 Å². The molecule has 0 unspecified atom stereocenters. The van der Waals surface area contributed by atoms with Crippen molar-refractivity contribution in [3.05, 3.63) is 45.9 Å². The van der Waals surface area contributed by atoms with Crippen LogP contribution in [-0.2, 0) is 9.53 Å². The number of esters is 1. The maximum atomic E-state index is 14.5. The van der Waals surface area contributed by atoms with E-state index in [-0.39, 0.29) is 22.3 Å². The molecule has 1 aliphatic heterocycles. The molecule has 0 radical (unpaired) electrons. The minimum Gasteiger partial charge on any atom is -0.459 e. The molecule has 5 nitrogen and oxygen atoms in total. The number of ether oxygens (including phenoxy) is 1. The molecule has 1 aromatic carbocycles. The highest BCUT2D eigenvalue weighted by Gasteiger charge is 2.38. The first-order valence-corrected chi connectivity index (χ1v) is 9.17. The number of benzene rings is 1. The zero-order chi connectivity index (χ0) is 18.8. The minimum absolute atomic E-state index is 0.0746. The summed E-state index contributed by atoms with van der Waals surface area (Å²) in [6.45, 7) is 1.65. The molecule has 0 spiro atoms. The molecule has 140 valence electrons. The molecule has 1 aliphatic carbocycles. The van der Waals surface area contributed by atoms with Crippen molar-refractivity contribution >= 4 is 23.6 Å². The van der Waals surface area contributed by atoms with Gasteiger partial charge in [0.25, 0.3) is 0 Å². The van der Waals surface area contributed by atoms with Crippen molar-refractivity contribution in [3.63, 3.8) is 0 Å². The van der Waals surface area contributed by atoms with Gasteiger partial charge in [0, 0.05) is 23.3 Å². The van der Waals surface area contributed by atoms with Crippen molar-refractivity contribution in [2.75, 3.05) is 7.05 Å². The lowest BCUT2D eigenvalue weighted by molar-refractivity contribution is -0.146. The Morgan fingerprint density at radius 3 is 2.65 bits per heavy atom. The van der Waals surface area contributed by atoms with E-state index >= 15 is 0 Å². The second kappa shape index (κ2) is 7.66. The molecular formula is C19H22ClFN2O3. The van der Waals surface area contributed by atoms with E-state index in [1.807, 2.05) is 0 Å². The summed E-state index contributed by atoms with van der Waals surface area (Å²) in [6, 6.07) is 2.85. The van der Waals surface area contributed by atoms with Crippen LogP contribution in [0.5, 0.6) is 0 Å². The summed E-state index contributed by atoms with van der Waals surface area (Å²) in [5, 5.41) is 2.82. The Labute approximate surface area is 157 Å². The third kappa shape index (κ3) is 3.56. The van der Waals surface area contributed by atoms with Crippen molar-refractivity contribution in [1.29, 1.82) is 0 Å². The molecule has 1 aromatic rings. The predicted molar refractivity (Wildman–Crippen MR) is 96.1 cm³/mol. The monoisotopic (exact) mass is 380 g/mol. The van der Waals surface area contributed by atoms with Gasteiger partial charge in [0.05, 0.1) is 11.6 Å². The van der Waals surface area contributed by atoms with E-state index in [9.17, 15) is 14.0 Å². The van der Waals surface area contributed by atoms with Gasteiger partial charge in [-0.15, -0.1) is 0 Å². The van der Waals surface area contributed by atoms with Crippen LogP contribution in [0.15, 0.2) is 29.5 Å². The van der Waals surface area contributed by atoms with Gasteiger partial charge in [0.15, 0.2) is 0 Å². The Hall–Kier alpha value is -2.08. The number of urea groups is 1. The molecule has 0 bridgehead atoms. The Morgan fingerprint density at radius 2 is 2.00 bits per heavy atom.